The molecule has 1 aromatic heterocycles. The van der Waals surface area contributed by atoms with E-state index in [0.29, 0.717) is 17.8 Å². The molecule has 1 fully saturated rings. The van der Waals surface area contributed by atoms with Gasteiger partial charge in [-0.25, -0.2) is 9.48 Å². The number of nitriles is 1. The summed E-state index contributed by atoms with van der Waals surface area (Å²) < 4.78 is 0.925. The molecule has 104 valence electrons. The highest BCUT2D eigenvalue weighted by molar-refractivity contribution is 5.95. The Morgan fingerprint density at radius 1 is 1.45 bits per heavy atom. The van der Waals surface area contributed by atoms with Crippen molar-refractivity contribution in [1.82, 2.24) is 20.0 Å². The number of urea groups is 1. The first kappa shape index (κ1) is 13.7. The molecule has 1 aliphatic heterocycles. The summed E-state index contributed by atoms with van der Waals surface area (Å²) in [6, 6.07) is 1.34. The molecular formula is C12H13N5O3. The number of aryl methyl sites for hydroxylation is 1. The van der Waals surface area contributed by atoms with Crippen LogP contribution in [-0.2, 0) is 11.3 Å². The first-order chi connectivity index (χ1) is 9.45. The third kappa shape index (κ3) is 2.25. The molecule has 0 unspecified atom stereocenters. The standard InChI is InChI=1S/C12H13N5O3/c1-7-8(2)15-17(11(19)9(7)5-13)6-10(18)16-4-3-14-12(16)20/h3-4,6H2,1-2H3,(H,14,20). The number of rotatable bonds is 2. The molecule has 3 amide bonds. The lowest BCUT2D eigenvalue weighted by Crippen LogP contribution is -2.40. The lowest BCUT2D eigenvalue weighted by molar-refractivity contribution is -0.128. The lowest BCUT2D eigenvalue weighted by atomic mass is 10.1. The van der Waals surface area contributed by atoms with E-state index in [1.54, 1.807) is 13.8 Å². The molecule has 0 radical (unpaired) electrons. The second-order valence-electron chi connectivity index (χ2n) is 4.44. The molecule has 0 atom stereocenters. The topological polar surface area (TPSA) is 108 Å². The van der Waals surface area contributed by atoms with Gasteiger partial charge in [0.05, 0.1) is 5.69 Å². The molecule has 0 saturated carbocycles. The van der Waals surface area contributed by atoms with Gasteiger partial charge in [-0.2, -0.15) is 10.4 Å². The fourth-order valence-corrected chi connectivity index (χ4v) is 1.93. The van der Waals surface area contributed by atoms with E-state index in [1.807, 2.05) is 6.07 Å². The third-order valence-corrected chi connectivity index (χ3v) is 3.19. The first-order valence-corrected chi connectivity index (χ1v) is 6.02. The summed E-state index contributed by atoms with van der Waals surface area (Å²) in [5.41, 5.74) is 0.347. The molecule has 1 N–H and O–H groups in total. The van der Waals surface area contributed by atoms with Crippen LogP contribution >= 0.6 is 0 Å². The average molecular weight is 275 g/mol. The SMILES string of the molecule is Cc1nn(CC(=O)N2CCNC2=O)c(=O)c(C#N)c1C. The van der Waals surface area contributed by atoms with Crippen LogP contribution in [0.25, 0.3) is 0 Å². The minimum atomic E-state index is -0.622. The number of imide groups is 1. The van der Waals surface area contributed by atoms with E-state index >= 15 is 0 Å². The Labute approximate surface area is 114 Å². The maximum absolute atomic E-state index is 12.0. The van der Waals surface area contributed by atoms with Gasteiger partial charge in [0.1, 0.15) is 18.2 Å². The number of hydrogen-bond acceptors (Lipinski definition) is 5. The number of carbonyl (C=O) groups is 2. The lowest BCUT2D eigenvalue weighted by Gasteiger charge is -2.13. The van der Waals surface area contributed by atoms with E-state index in [0.717, 1.165) is 9.58 Å². The molecule has 20 heavy (non-hydrogen) atoms. The van der Waals surface area contributed by atoms with Crippen molar-refractivity contribution in [1.29, 1.82) is 5.26 Å². The fraction of sp³-hybridized carbons (Fsp3) is 0.417. The molecule has 8 heteroatoms. The molecule has 0 bridgehead atoms. The van der Waals surface area contributed by atoms with Crippen LogP contribution in [0.3, 0.4) is 0 Å². The molecule has 0 spiro atoms. The second-order valence-corrected chi connectivity index (χ2v) is 4.44. The summed E-state index contributed by atoms with van der Waals surface area (Å²) in [5, 5.41) is 15.5. The van der Waals surface area contributed by atoms with Gasteiger partial charge in [-0.05, 0) is 19.4 Å². The van der Waals surface area contributed by atoms with E-state index in [-0.39, 0.29) is 18.7 Å². The number of nitrogens with one attached hydrogen (secondary N) is 1. The maximum Gasteiger partial charge on any atom is 0.324 e. The van der Waals surface area contributed by atoms with Gasteiger partial charge in [-0.1, -0.05) is 0 Å². The number of nitrogens with zero attached hydrogens (tertiary/aromatic N) is 4. The van der Waals surface area contributed by atoms with Crippen molar-refractivity contribution in [2.75, 3.05) is 13.1 Å². The summed E-state index contributed by atoms with van der Waals surface area (Å²) in [7, 11) is 0. The minimum absolute atomic E-state index is 0.0313. The van der Waals surface area contributed by atoms with Gasteiger partial charge in [-0.3, -0.25) is 14.5 Å². The first-order valence-electron chi connectivity index (χ1n) is 6.02. The van der Waals surface area contributed by atoms with Crippen LogP contribution in [0, 0.1) is 25.2 Å². The van der Waals surface area contributed by atoms with Crippen LogP contribution in [0.4, 0.5) is 4.79 Å². The van der Waals surface area contributed by atoms with Gasteiger partial charge in [0.25, 0.3) is 11.5 Å². The highest BCUT2D eigenvalue weighted by atomic mass is 16.2. The number of hydrogen-bond donors (Lipinski definition) is 1. The molecule has 8 nitrogen and oxygen atoms in total. The van der Waals surface area contributed by atoms with Gasteiger partial charge in [0, 0.05) is 13.1 Å². The molecule has 1 aromatic rings. The molecular weight excluding hydrogens is 262 g/mol. The number of amides is 3. The Morgan fingerprint density at radius 3 is 2.70 bits per heavy atom. The average Bonchev–Trinajstić information content (AvgIpc) is 2.83. The van der Waals surface area contributed by atoms with Crippen molar-refractivity contribution in [2.45, 2.75) is 20.4 Å². The highest BCUT2D eigenvalue weighted by Crippen LogP contribution is 2.05. The summed E-state index contributed by atoms with van der Waals surface area (Å²) in [6.07, 6.45) is 0. The van der Waals surface area contributed by atoms with E-state index in [2.05, 4.69) is 10.4 Å². The minimum Gasteiger partial charge on any atom is -0.336 e. The van der Waals surface area contributed by atoms with Crippen molar-refractivity contribution in [3.8, 4) is 6.07 Å². The van der Waals surface area contributed by atoms with E-state index in [9.17, 15) is 14.4 Å². The van der Waals surface area contributed by atoms with Gasteiger partial charge in [0.15, 0.2) is 0 Å². The Kier molecular flexibility index (Phi) is 3.52. The summed E-state index contributed by atoms with van der Waals surface area (Å²) >= 11 is 0. The van der Waals surface area contributed by atoms with Crippen molar-refractivity contribution < 1.29 is 9.59 Å². The van der Waals surface area contributed by atoms with E-state index in [4.69, 9.17) is 5.26 Å². The van der Waals surface area contributed by atoms with Crippen LogP contribution in [0.2, 0.25) is 0 Å². The predicted octanol–water partition coefficient (Wildman–Crippen LogP) is -0.716. The number of carbonyl (C=O) groups excluding carboxylic acids is 2. The highest BCUT2D eigenvalue weighted by Gasteiger charge is 2.27. The van der Waals surface area contributed by atoms with E-state index < -0.39 is 17.5 Å². The summed E-state index contributed by atoms with van der Waals surface area (Å²) in [5.74, 6) is -0.526. The largest absolute Gasteiger partial charge is 0.336 e. The Balaban J connectivity index is 2.33. The quantitative estimate of drug-likeness (QED) is 0.766. The normalized spacial score (nSPS) is 14.1. The fourth-order valence-electron chi connectivity index (χ4n) is 1.93. The van der Waals surface area contributed by atoms with Crippen LogP contribution in [-0.4, -0.2) is 39.7 Å². The molecule has 1 saturated heterocycles. The summed E-state index contributed by atoms with van der Waals surface area (Å²) in [6.45, 7) is 3.58. The smallest absolute Gasteiger partial charge is 0.324 e. The van der Waals surface area contributed by atoms with Crippen LogP contribution in [0.1, 0.15) is 16.8 Å². The van der Waals surface area contributed by atoms with E-state index in [1.165, 1.54) is 0 Å². The van der Waals surface area contributed by atoms with Crippen LogP contribution in [0.15, 0.2) is 4.79 Å². The maximum atomic E-state index is 12.0. The van der Waals surface area contributed by atoms with Crippen molar-refractivity contribution in [3.63, 3.8) is 0 Å². The molecule has 0 aromatic carbocycles. The Morgan fingerprint density at radius 2 is 2.15 bits per heavy atom. The Bertz CT molecular complexity index is 686. The van der Waals surface area contributed by atoms with Crippen molar-refractivity contribution in [2.24, 2.45) is 0 Å². The third-order valence-electron chi connectivity index (χ3n) is 3.19. The molecule has 2 heterocycles. The monoisotopic (exact) mass is 275 g/mol. The number of aromatic nitrogens is 2. The summed E-state index contributed by atoms with van der Waals surface area (Å²) in [4.78, 5) is 36.4. The molecule has 0 aliphatic carbocycles. The zero-order chi connectivity index (χ0) is 14.9. The molecule has 2 rings (SSSR count). The van der Waals surface area contributed by atoms with Crippen LogP contribution < -0.4 is 10.9 Å². The Hall–Kier alpha value is -2.69. The second kappa shape index (κ2) is 5.13. The molecule has 1 aliphatic rings. The van der Waals surface area contributed by atoms with Crippen molar-refractivity contribution >= 4 is 11.9 Å². The van der Waals surface area contributed by atoms with Gasteiger partial charge in [-0.15, -0.1) is 0 Å². The van der Waals surface area contributed by atoms with Crippen LogP contribution in [0.5, 0.6) is 0 Å². The zero-order valence-electron chi connectivity index (χ0n) is 11.1. The zero-order valence-corrected chi connectivity index (χ0v) is 11.1. The van der Waals surface area contributed by atoms with Gasteiger partial charge < -0.3 is 5.32 Å². The van der Waals surface area contributed by atoms with Gasteiger partial charge >= 0.3 is 6.03 Å². The predicted molar refractivity (Wildman–Crippen MR) is 67.8 cm³/mol. The van der Waals surface area contributed by atoms with Crippen molar-refractivity contribution in [3.05, 3.63) is 27.2 Å². The van der Waals surface area contributed by atoms with Gasteiger partial charge in [0.2, 0.25) is 0 Å².